The van der Waals surface area contributed by atoms with Crippen LogP contribution in [0.4, 0.5) is 0 Å². The Hall–Kier alpha value is -1.82. The van der Waals surface area contributed by atoms with Gasteiger partial charge in [0, 0.05) is 6.20 Å². The lowest BCUT2D eigenvalue weighted by Crippen LogP contribution is -2.32. The van der Waals surface area contributed by atoms with E-state index in [4.69, 9.17) is 39.5 Å². The van der Waals surface area contributed by atoms with Gasteiger partial charge in [0.2, 0.25) is 0 Å². The van der Waals surface area contributed by atoms with Crippen LogP contribution < -0.4 is 5.32 Å². The number of carbonyl (C=O) groups is 2. The molecular weight excluding hydrogens is 399 g/mol. The van der Waals surface area contributed by atoms with Gasteiger partial charge in [-0.05, 0) is 18.9 Å². The Morgan fingerprint density at radius 3 is 2.42 bits per heavy atom. The summed E-state index contributed by atoms with van der Waals surface area (Å²) in [5.41, 5.74) is 1.92. The van der Waals surface area contributed by atoms with Gasteiger partial charge in [-0.25, -0.2) is 9.78 Å². The minimum absolute atomic E-state index is 0.00477. The number of carbonyl (C=O) groups excluding carboxylic acids is 2. The summed E-state index contributed by atoms with van der Waals surface area (Å²) in [4.78, 5) is 27.9. The summed E-state index contributed by atoms with van der Waals surface area (Å²) in [5, 5.41) is 2.84. The smallest absolute Gasteiger partial charge is 0.359 e. The van der Waals surface area contributed by atoms with Crippen molar-refractivity contribution in [1.82, 2.24) is 10.3 Å². The zero-order chi connectivity index (χ0) is 19.3. The van der Waals surface area contributed by atoms with Crippen molar-refractivity contribution in [3.63, 3.8) is 0 Å². The summed E-state index contributed by atoms with van der Waals surface area (Å²) < 4.78 is 4.97. The molecule has 2 rings (SSSR count). The molecule has 1 atom stereocenters. The third kappa shape index (κ3) is 5.10. The van der Waals surface area contributed by atoms with Crippen molar-refractivity contribution in [2.75, 3.05) is 6.61 Å². The summed E-state index contributed by atoms with van der Waals surface area (Å²) in [7, 11) is 0. The molecule has 0 aliphatic carbocycles. The van der Waals surface area contributed by atoms with E-state index in [1.54, 1.807) is 0 Å². The molecule has 0 bridgehead atoms. The van der Waals surface area contributed by atoms with Crippen LogP contribution >= 0.6 is 34.8 Å². The highest BCUT2D eigenvalue weighted by atomic mass is 35.5. The molecule has 0 spiro atoms. The Labute approximate surface area is 166 Å². The Kier molecular flexibility index (Phi) is 7.26. The fourth-order valence-electron chi connectivity index (χ4n) is 2.24. The molecule has 138 valence electrons. The molecule has 5 nitrogen and oxygen atoms in total. The SMILES string of the molecule is CC[C@H](NC(=O)COC(=O)c1ncc(Cl)c(Cl)c1Cl)c1ccc(C)cc1. The predicted octanol–water partition coefficient (Wildman–Crippen LogP) is 4.77. The van der Waals surface area contributed by atoms with E-state index in [0.29, 0.717) is 6.42 Å². The second kappa shape index (κ2) is 9.21. The van der Waals surface area contributed by atoms with Crippen LogP contribution in [0.25, 0.3) is 0 Å². The molecule has 1 aromatic heterocycles. The van der Waals surface area contributed by atoms with Crippen LogP contribution in [0.1, 0.15) is 41.0 Å². The molecule has 8 heteroatoms. The summed E-state index contributed by atoms with van der Waals surface area (Å²) >= 11 is 17.6. The molecule has 1 amide bonds. The van der Waals surface area contributed by atoms with E-state index in [1.165, 1.54) is 6.20 Å². The van der Waals surface area contributed by atoms with Gasteiger partial charge in [-0.1, -0.05) is 71.6 Å². The highest BCUT2D eigenvalue weighted by Gasteiger charge is 2.20. The molecule has 0 saturated carbocycles. The van der Waals surface area contributed by atoms with E-state index < -0.39 is 18.5 Å². The van der Waals surface area contributed by atoms with Crippen molar-refractivity contribution >= 4 is 46.7 Å². The zero-order valence-corrected chi connectivity index (χ0v) is 16.5. The van der Waals surface area contributed by atoms with Gasteiger partial charge in [0.1, 0.15) is 0 Å². The highest BCUT2D eigenvalue weighted by molar-refractivity contribution is 6.48. The van der Waals surface area contributed by atoms with Crippen molar-refractivity contribution in [2.45, 2.75) is 26.3 Å². The first-order chi connectivity index (χ1) is 12.3. The number of aryl methyl sites for hydroxylation is 1. The Morgan fingerprint density at radius 2 is 1.81 bits per heavy atom. The number of benzene rings is 1. The minimum atomic E-state index is -0.855. The first kappa shape index (κ1) is 20.5. The van der Waals surface area contributed by atoms with Crippen molar-refractivity contribution in [2.24, 2.45) is 0 Å². The summed E-state index contributed by atoms with van der Waals surface area (Å²) in [6.45, 7) is 3.49. The first-order valence-electron chi connectivity index (χ1n) is 7.86. The van der Waals surface area contributed by atoms with Gasteiger partial charge in [-0.15, -0.1) is 0 Å². The van der Waals surface area contributed by atoms with Crippen molar-refractivity contribution in [3.05, 3.63) is 62.4 Å². The number of aromatic nitrogens is 1. The number of rotatable bonds is 6. The van der Waals surface area contributed by atoms with Gasteiger partial charge in [-0.2, -0.15) is 0 Å². The Bertz CT molecular complexity index is 810. The fourth-order valence-corrected chi connectivity index (χ4v) is 2.80. The molecule has 0 radical (unpaired) electrons. The number of hydrogen-bond acceptors (Lipinski definition) is 4. The van der Waals surface area contributed by atoms with Crippen molar-refractivity contribution < 1.29 is 14.3 Å². The van der Waals surface area contributed by atoms with Gasteiger partial charge in [0.25, 0.3) is 5.91 Å². The quantitative estimate of drug-likeness (QED) is 0.690. The largest absolute Gasteiger partial charge is 0.451 e. The molecule has 0 unspecified atom stereocenters. The van der Waals surface area contributed by atoms with Gasteiger partial charge in [0.05, 0.1) is 21.1 Å². The molecule has 1 aromatic carbocycles. The molecule has 0 fully saturated rings. The maximum atomic E-state index is 12.1. The summed E-state index contributed by atoms with van der Waals surface area (Å²) in [6, 6.07) is 7.68. The van der Waals surface area contributed by atoms with Crippen LogP contribution in [0.15, 0.2) is 30.5 Å². The molecule has 0 aliphatic heterocycles. The maximum absolute atomic E-state index is 12.1. The topological polar surface area (TPSA) is 68.3 Å². The number of pyridine rings is 1. The van der Waals surface area contributed by atoms with Gasteiger partial charge >= 0.3 is 5.97 Å². The van der Waals surface area contributed by atoms with Crippen LogP contribution in [0.3, 0.4) is 0 Å². The van der Waals surface area contributed by atoms with Crippen molar-refractivity contribution in [1.29, 1.82) is 0 Å². The lowest BCUT2D eigenvalue weighted by molar-refractivity contribution is -0.125. The number of halogens is 3. The zero-order valence-electron chi connectivity index (χ0n) is 14.2. The molecule has 0 saturated heterocycles. The Balaban J connectivity index is 1.96. The number of hydrogen-bond donors (Lipinski definition) is 1. The second-order valence-electron chi connectivity index (χ2n) is 5.60. The monoisotopic (exact) mass is 414 g/mol. The van der Waals surface area contributed by atoms with Crippen molar-refractivity contribution in [3.8, 4) is 0 Å². The average molecular weight is 416 g/mol. The van der Waals surface area contributed by atoms with E-state index in [-0.39, 0.29) is 26.8 Å². The normalized spacial score (nSPS) is 11.7. The lowest BCUT2D eigenvalue weighted by atomic mass is 10.0. The fraction of sp³-hybridized carbons (Fsp3) is 0.278. The third-order valence-electron chi connectivity index (χ3n) is 3.67. The van der Waals surface area contributed by atoms with E-state index in [9.17, 15) is 9.59 Å². The summed E-state index contributed by atoms with van der Waals surface area (Å²) in [6.07, 6.45) is 1.89. The molecule has 1 N–H and O–H groups in total. The molecule has 26 heavy (non-hydrogen) atoms. The highest BCUT2D eigenvalue weighted by Crippen LogP contribution is 2.31. The van der Waals surface area contributed by atoms with E-state index in [0.717, 1.165) is 11.1 Å². The summed E-state index contributed by atoms with van der Waals surface area (Å²) in [5.74, 6) is -1.28. The van der Waals surface area contributed by atoms with Gasteiger partial charge in [-0.3, -0.25) is 4.79 Å². The van der Waals surface area contributed by atoms with E-state index in [1.807, 2.05) is 38.1 Å². The average Bonchev–Trinajstić information content (AvgIpc) is 2.63. The maximum Gasteiger partial charge on any atom is 0.359 e. The van der Waals surface area contributed by atoms with Crippen LogP contribution in [0.5, 0.6) is 0 Å². The predicted molar refractivity (Wildman–Crippen MR) is 102 cm³/mol. The van der Waals surface area contributed by atoms with Gasteiger partial charge < -0.3 is 10.1 Å². The van der Waals surface area contributed by atoms with Crippen LogP contribution in [-0.4, -0.2) is 23.5 Å². The number of ether oxygens (including phenoxy) is 1. The Morgan fingerprint density at radius 1 is 1.15 bits per heavy atom. The number of amides is 1. The lowest BCUT2D eigenvalue weighted by Gasteiger charge is -2.17. The number of nitrogens with one attached hydrogen (secondary N) is 1. The van der Waals surface area contributed by atoms with Crippen LogP contribution in [-0.2, 0) is 9.53 Å². The van der Waals surface area contributed by atoms with Crippen LogP contribution in [0, 0.1) is 6.92 Å². The van der Waals surface area contributed by atoms with Gasteiger partial charge in [0.15, 0.2) is 12.3 Å². The van der Waals surface area contributed by atoms with E-state index >= 15 is 0 Å². The standard InChI is InChI=1S/C18H17Cl3N2O3/c1-3-13(11-6-4-10(2)5-7-11)23-14(24)9-26-18(25)17-16(21)15(20)12(19)8-22-17/h4-8,13H,3,9H2,1-2H3,(H,23,24)/t13-/m0/s1. The third-order valence-corrected chi connectivity index (χ3v) is 4.91. The minimum Gasteiger partial charge on any atom is -0.451 e. The number of nitrogens with zero attached hydrogens (tertiary/aromatic N) is 1. The van der Waals surface area contributed by atoms with Crippen LogP contribution in [0.2, 0.25) is 15.1 Å². The molecule has 0 aliphatic rings. The second-order valence-corrected chi connectivity index (χ2v) is 6.76. The molecular formula is C18H17Cl3N2O3. The molecule has 2 aromatic rings. The first-order valence-corrected chi connectivity index (χ1v) is 8.99. The van der Waals surface area contributed by atoms with E-state index in [2.05, 4.69) is 10.3 Å². The molecule has 1 heterocycles. The number of esters is 1.